The van der Waals surface area contributed by atoms with E-state index in [0.717, 1.165) is 22.5 Å². The van der Waals surface area contributed by atoms with Crippen LogP contribution in [-0.2, 0) is 11.2 Å². The van der Waals surface area contributed by atoms with Gasteiger partial charge in [0.1, 0.15) is 5.00 Å². The Morgan fingerprint density at radius 1 is 1.21 bits per heavy atom. The fraction of sp³-hybridized carbons (Fsp3) is 0.375. The number of hydrogen-bond donors (Lipinski definition) is 1. The van der Waals surface area contributed by atoms with Crippen LogP contribution in [0, 0.1) is 0 Å². The molecule has 174 valence electrons. The molecule has 3 aromatic rings. The third kappa shape index (κ3) is 5.26. The number of ether oxygens (including phenoxy) is 1. The molecule has 1 aliphatic heterocycles. The van der Waals surface area contributed by atoms with Crippen molar-refractivity contribution in [1.82, 2.24) is 14.8 Å². The number of aryl methyl sites for hydroxylation is 1. The molecule has 1 aliphatic rings. The second-order valence-corrected chi connectivity index (χ2v) is 8.83. The summed E-state index contributed by atoms with van der Waals surface area (Å²) in [6.45, 7) is 6.80. The highest BCUT2D eigenvalue weighted by Gasteiger charge is 2.31. The van der Waals surface area contributed by atoms with Gasteiger partial charge in [0.25, 0.3) is 5.91 Å². The molecular formula is C24H28N4O4S. The molecule has 0 radical (unpaired) electrons. The molecule has 8 nitrogen and oxygen atoms in total. The Labute approximate surface area is 197 Å². The summed E-state index contributed by atoms with van der Waals surface area (Å²) in [5.41, 5.74) is 2.06. The summed E-state index contributed by atoms with van der Waals surface area (Å²) in [5.74, 6) is -0.00352. The molecule has 0 aromatic carbocycles. The van der Waals surface area contributed by atoms with Crippen molar-refractivity contribution in [3.8, 4) is 0 Å². The minimum Gasteiger partial charge on any atom is -0.459 e. The zero-order valence-electron chi connectivity index (χ0n) is 18.8. The molecule has 33 heavy (non-hydrogen) atoms. The molecule has 3 aromatic heterocycles. The minimum atomic E-state index is -0.275. The molecule has 9 heteroatoms. The summed E-state index contributed by atoms with van der Waals surface area (Å²) in [7, 11) is 0. The van der Waals surface area contributed by atoms with Crippen molar-refractivity contribution in [3.05, 3.63) is 70.8 Å². The lowest BCUT2D eigenvalue weighted by Gasteiger charge is -2.39. The lowest BCUT2D eigenvalue weighted by Crippen LogP contribution is -2.50. The third-order valence-corrected chi connectivity index (χ3v) is 6.84. The second kappa shape index (κ2) is 10.6. The molecule has 1 atom stereocenters. The predicted octanol–water partition coefficient (Wildman–Crippen LogP) is 4.41. The van der Waals surface area contributed by atoms with Gasteiger partial charge in [0, 0.05) is 49.0 Å². The number of anilines is 1. The topological polar surface area (TPSA) is 87.9 Å². The van der Waals surface area contributed by atoms with Crippen LogP contribution in [0.2, 0.25) is 0 Å². The summed E-state index contributed by atoms with van der Waals surface area (Å²) < 4.78 is 10.4. The molecule has 0 aliphatic carbocycles. The molecule has 4 rings (SSSR count). The Morgan fingerprint density at radius 3 is 2.67 bits per heavy atom. The highest BCUT2D eigenvalue weighted by atomic mass is 32.1. The van der Waals surface area contributed by atoms with Crippen molar-refractivity contribution in [2.45, 2.75) is 26.3 Å². The molecule has 1 N–H and O–H groups in total. The van der Waals surface area contributed by atoms with Gasteiger partial charge in [0.05, 0.1) is 18.9 Å². The van der Waals surface area contributed by atoms with Gasteiger partial charge in [-0.2, -0.15) is 0 Å². The van der Waals surface area contributed by atoms with Crippen LogP contribution in [0.25, 0.3) is 0 Å². The first-order chi connectivity index (χ1) is 16.1. The molecule has 4 heterocycles. The standard InChI is InChI=1S/C24H28N4O4S/c1-3-18-15-19(23(33-18)26-22(29)20-8-6-14-32-20)21(17-7-5-9-25-16-17)27-10-12-28(13-11-27)24(30)31-4-2/h5-9,14-16,21H,3-4,10-13H2,1-2H3,(H,26,29)/t21-/m0/s1. The number of nitrogens with zero attached hydrogens (tertiary/aromatic N) is 3. The van der Waals surface area contributed by atoms with E-state index in [4.69, 9.17) is 9.15 Å². The molecule has 1 fully saturated rings. The van der Waals surface area contributed by atoms with Crippen molar-refractivity contribution in [3.63, 3.8) is 0 Å². The van der Waals surface area contributed by atoms with Crippen LogP contribution < -0.4 is 5.32 Å². The summed E-state index contributed by atoms with van der Waals surface area (Å²) in [6.07, 6.45) is 5.70. The molecular weight excluding hydrogens is 440 g/mol. The van der Waals surface area contributed by atoms with E-state index in [2.05, 4.69) is 34.3 Å². The van der Waals surface area contributed by atoms with Crippen molar-refractivity contribution in [2.75, 3.05) is 38.1 Å². The number of hydrogen-bond acceptors (Lipinski definition) is 7. The van der Waals surface area contributed by atoms with E-state index >= 15 is 0 Å². The van der Waals surface area contributed by atoms with Gasteiger partial charge in [0.2, 0.25) is 0 Å². The van der Waals surface area contributed by atoms with Crippen LogP contribution in [0.4, 0.5) is 9.80 Å². The van der Waals surface area contributed by atoms with E-state index in [9.17, 15) is 9.59 Å². The average Bonchev–Trinajstić information content (AvgIpc) is 3.51. The highest BCUT2D eigenvalue weighted by Crippen LogP contribution is 2.39. The number of piperazine rings is 1. The zero-order chi connectivity index (χ0) is 23.2. The van der Waals surface area contributed by atoms with E-state index in [0.29, 0.717) is 32.8 Å². The van der Waals surface area contributed by atoms with Crippen molar-refractivity contribution < 1.29 is 18.7 Å². The first kappa shape index (κ1) is 23.0. The second-order valence-electron chi connectivity index (χ2n) is 7.69. The lowest BCUT2D eigenvalue weighted by molar-refractivity contribution is 0.0715. The van der Waals surface area contributed by atoms with Gasteiger partial charge in [0.15, 0.2) is 5.76 Å². The maximum Gasteiger partial charge on any atom is 0.409 e. The molecule has 0 bridgehead atoms. The number of carbonyl (C=O) groups is 2. The first-order valence-corrected chi connectivity index (χ1v) is 12.0. The van der Waals surface area contributed by atoms with Crippen LogP contribution in [-0.4, -0.2) is 59.6 Å². The number of furan rings is 1. The fourth-order valence-electron chi connectivity index (χ4n) is 4.01. The maximum absolute atomic E-state index is 12.8. The molecule has 0 saturated carbocycles. The molecule has 0 spiro atoms. The molecule has 2 amide bonds. The monoisotopic (exact) mass is 468 g/mol. The number of rotatable bonds is 7. The van der Waals surface area contributed by atoms with Crippen molar-refractivity contribution in [1.29, 1.82) is 0 Å². The van der Waals surface area contributed by atoms with E-state index in [1.54, 1.807) is 34.6 Å². The van der Waals surface area contributed by atoms with Gasteiger partial charge in [-0.15, -0.1) is 11.3 Å². The van der Waals surface area contributed by atoms with Crippen LogP contribution in [0.1, 0.15) is 46.4 Å². The van der Waals surface area contributed by atoms with Gasteiger partial charge >= 0.3 is 6.09 Å². The largest absolute Gasteiger partial charge is 0.459 e. The Morgan fingerprint density at radius 2 is 2.03 bits per heavy atom. The summed E-state index contributed by atoms with van der Waals surface area (Å²) in [6, 6.07) is 9.38. The number of aromatic nitrogens is 1. The SMILES string of the molecule is CCOC(=O)N1CCN([C@@H](c2cccnc2)c2cc(CC)sc2NC(=O)c2ccco2)CC1. The molecule has 1 saturated heterocycles. The Hall–Kier alpha value is -3.17. The summed E-state index contributed by atoms with van der Waals surface area (Å²) in [4.78, 5) is 34.5. The van der Waals surface area contributed by atoms with Crippen LogP contribution in [0.3, 0.4) is 0 Å². The smallest absolute Gasteiger partial charge is 0.409 e. The minimum absolute atomic E-state index is 0.105. The van der Waals surface area contributed by atoms with Crippen molar-refractivity contribution in [2.24, 2.45) is 0 Å². The summed E-state index contributed by atoms with van der Waals surface area (Å²) >= 11 is 1.58. The maximum atomic E-state index is 12.8. The van der Waals surface area contributed by atoms with E-state index in [1.807, 2.05) is 19.2 Å². The number of carbonyl (C=O) groups excluding carboxylic acids is 2. The van der Waals surface area contributed by atoms with Gasteiger partial charge in [-0.05, 0) is 43.2 Å². The first-order valence-electron chi connectivity index (χ1n) is 11.1. The Kier molecular flexibility index (Phi) is 7.41. The molecule has 0 unspecified atom stereocenters. The van der Waals surface area contributed by atoms with Gasteiger partial charge in [-0.3, -0.25) is 14.7 Å². The van der Waals surface area contributed by atoms with Gasteiger partial charge in [-0.25, -0.2) is 4.79 Å². The quantitative estimate of drug-likeness (QED) is 0.553. The van der Waals surface area contributed by atoms with E-state index in [-0.39, 0.29) is 23.8 Å². The lowest BCUT2D eigenvalue weighted by atomic mass is 9.98. The Balaban J connectivity index is 1.64. The number of thiophene rings is 1. The predicted molar refractivity (Wildman–Crippen MR) is 127 cm³/mol. The fourth-order valence-corrected chi connectivity index (χ4v) is 5.03. The van der Waals surface area contributed by atoms with Crippen LogP contribution in [0.15, 0.2) is 53.4 Å². The van der Waals surface area contributed by atoms with Gasteiger partial charge in [-0.1, -0.05) is 13.0 Å². The third-order valence-electron chi connectivity index (χ3n) is 5.63. The van der Waals surface area contributed by atoms with Crippen LogP contribution >= 0.6 is 11.3 Å². The number of pyridine rings is 1. The van der Waals surface area contributed by atoms with E-state index in [1.165, 1.54) is 11.1 Å². The zero-order valence-corrected chi connectivity index (χ0v) is 19.6. The number of amides is 2. The normalized spacial score (nSPS) is 15.3. The van der Waals surface area contributed by atoms with Crippen LogP contribution in [0.5, 0.6) is 0 Å². The Bertz CT molecular complexity index is 1060. The van der Waals surface area contributed by atoms with Crippen molar-refractivity contribution >= 4 is 28.3 Å². The van der Waals surface area contributed by atoms with Gasteiger partial charge < -0.3 is 19.4 Å². The summed E-state index contributed by atoms with van der Waals surface area (Å²) in [5, 5.41) is 3.86. The highest BCUT2D eigenvalue weighted by molar-refractivity contribution is 7.16. The number of nitrogens with one attached hydrogen (secondary N) is 1. The average molecular weight is 469 g/mol. The van der Waals surface area contributed by atoms with E-state index < -0.39 is 0 Å².